The van der Waals surface area contributed by atoms with E-state index in [0.717, 1.165) is 6.08 Å². The Morgan fingerprint density at radius 2 is 2.38 bits per heavy atom. The van der Waals surface area contributed by atoms with Crippen LogP contribution in [0.2, 0.25) is 0 Å². The third kappa shape index (κ3) is 2.76. The van der Waals surface area contributed by atoms with Crippen molar-refractivity contribution in [2.75, 3.05) is 0 Å². The van der Waals surface area contributed by atoms with Crippen molar-refractivity contribution in [1.29, 1.82) is 0 Å². The molecule has 5 heteroatoms. The monoisotopic (exact) mass is 293 g/mol. The van der Waals surface area contributed by atoms with Gasteiger partial charge in [-0.2, -0.15) is 0 Å². The van der Waals surface area contributed by atoms with Gasteiger partial charge in [0, 0.05) is 17.8 Å². The molecular formula is C8H5FINO2. The normalized spacial score (nSPS) is 10.6. The van der Waals surface area contributed by atoms with Crippen molar-refractivity contribution in [3.63, 3.8) is 0 Å². The number of halogens is 2. The van der Waals surface area contributed by atoms with Gasteiger partial charge >= 0.3 is 5.97 Å². The number of hydrogen-bond acceptors (Lipinski definition) is 2. The molecule has 0 saturated heterocycles. The number of rotatable bonds is 2. The Bertz CT molecular complexity index is 365. The lowest BCUT2D eigenvalue weighted by Crippen LogP contribution is -1.92. The summed E-state index contributed by atoms with van der Waals surface area (Å²) in [5.41, 5.74) is 0.224. The van der Waals surface area contributed by atoms with Crippen molar-refractivity contribution in [2.24, 2.45) is 0 Å². The maximum Gasteiger partial charge on any atom is 0.328 e. The lowest BCUT2D eigenvalue weighted by atomic mass is 10.2. The predicted octanol–water partition coefficient (Wildman–Crippen LogP) is 1.92. The summed E-state index contributed by atoms with van der Waals surface area (Å²) in [5.74, 6) is -1.60. The van der Waals surface area contributed by atoms with Crippen LogP contribution < -0.4 is 0 Å². The zero-order valence-electron chi connectivity index (χ0n) is 6.37. The second-order valence-electron chi connectivity index (χ2n) is 2.18. The molecule has 0 aliphatic heterocycles. The highest BCUT2D eigenvalue weighted by Gasteiger charge is 2.03. The van der Waals surface area contributed by atoms with Crippen LogP contribution in [0.5, 0.6) is 0 Å². The van der Waals surface area contributed by atoms with Crippen molar-refractivity contribution in [2.45, 2.75) is 0 Å². The summed E-state index contributed by atoms with van der Waals surface area (Å²) in [6, 6.07) is 1.41. The van der Waals surface area contributed by atoms with Crippen LogP contribution >= 0.6 is 22.6 Å². The molecule has 1 heterocycles. The lowest BCUT2D eigenvalue weighted by molar-refractivity contribution is -0.131. The van der Waals surface area contributed by atoms with Crippen LogP contribution in [-0.2, 0) is 4.79 Å². The van der Waals surface area contributed by atoms with Gasteiger partial charge in [-0.3, -0.25) is 0 Å². The van der Waals surface area contributed by atoms with Gasteiger partial charge in [-0.05, 0) is 34.7 Å². The molecule has 0 aliphatic carbocycles. The maximum atomic E-state index is 13.1. The van der Waals surface area contributed by atoms with E-state index in [1.54, 1.807) is 22.6 Å². The molecule has 1 aromatic heterocycles. The minimum atomic E-state index is -1.11. The largest absolute Gasteiger partial charge is 0.478 e. The quantitative estimate of drug-likeness (QED) is 0.515. The second-order valence-corrected chi connectivity index (χ2v) is 3.20. The summed E-state index contributed by atoms with van der Waals surface area (Å²) in [5, 5.41) is 8.31. The molecule has 0 radical (unpaired) electrons. The zero-order valence-corrected chi connectivity index (χ0v) is 8.53. The van der Waals surface area contributed by atoms with E-state index >= 15 is 0 Å². The Hall–Kier alpha value is -0.980. The average molecular weight is 293 g/mol. The van der Waals surface area contributed by atoms with Gasteiger partial charge in [-0.25, -0.2) is 14.2 Å². The molecule has 1 rings (SSSR count). The van der Waals surface area contributed by atoms with Gasteiger partial charge in [-0.15, -0.1) is 0 Å². The summed E-state index contributed by atoms with van der Waals surface area (Å²) >= 11 is 1.74. The van der Waals surface area contributed by atoms with E-state index in [2.05, 4.69) is 4.98 Å². The number of carbonyl (C=O) groups is 1. The van der Waals surface area contributed by atoms with Gasteiger partial charge in [-0.1, -0.05) is 0 Å². The third-order valence-corrected chi connectivity index (χ3v) is 2.03. The fourth-order valence-electron chi connectivity index (χ4n) is 0.722. The van der Waals surface area contributed by atoms with E-state index in [0.29, 0.717) is 0 Å². The fourth-order valence-corrected chi connectivity index (χ4v) is 1.19. The molecule has 3 nitrogen and oxygen atoms in total. The first kappa shape index (κ1) is 10.1. The van der Waals surface area contributed by atoms with Gasteiger partial charge in [0.1, 0.15) is 3.70 Å². The number of aromatic nitrogens is 1. The fraction of sp³-hybridized carbons (Fsp3) is 0. The van der Waals surface area contributed by atoms with Gasteiger partial charge in [0.05, 0.1) is 0 Å². The van der Waals surface area contributed by atoms with E-state index in [4.69, 9.17) is 5.11 Å². The Morgan fingerprint density at radius 1 is 1.69 bits per heavy atom. The van der Waals surface area contributed by atoms with Crippen molar-refractivity contribution < 1.29 is 14.3 Å². The van der Waals surface area contributed by atoms with Crippen LogP contribution in [0.25, 0.3) is 6.08 Å². The molecule has 0 spiro atoms. The highest BCUT2D eigenvalue weighted by atomic mass is 127. The Labute approximate surface area is 87.4 Å². The molecule has 0 saturated carbocycles. The molecular weight excluding hydrogens is 288 g/mol. The van der Waals surface area contributed by atoms with Crippen LogP contribution in [-0.4, -0.2) is 16.1 Å². The molecule has 0 bridgehead atoms. The highest BCUT2D eigenvalue weighted by Crippen LogP contribution is 2.13. The molecule has 0 aliphatic rings. The summed E-state index contributed by atoms with van der Waals surface area (Å²) in [6.07, 6.45) is 3.50. The standard InChI is InChI=1S/C8H5FINO2/c9-7-5(1-2-6(12)13)3-4-11-8(7)10/h1-4H,(H,12,13)/b2-1+. The van der Waals surface area contributed by atoms with Crippen molar-refractivity contribution in [1.82, 2.24) is 4.98 Å². The minimum Gasteiger partial charge on any atom is -0.478 e. The number of nitrogens with zero attached hydrogens (tertiary/aromatic N) is 1. The van der Waals surface area contributed by atoms with E-state index < -0.39 is 11.8 Å². The van der Waals surface area contributed by atoms with Crippen LogP contribution in [0.3, 0.4) is 0 Å². The van der Waals surface area contributed by atoms with Gasteiger partial charge in [0.25, 0.3) is 0 Å². The van der Waals surface area contributed by atoms with Crippen molar-refractivity contribution >= 4 is 34.6 Å². The summed E-state index contributed by atoms with van der Waals surface area (Å²) in [4.78, 5) is 13.8. The van der Waals surface area contributed by atoms with Crippen LogP contribution in [0, 0.1) is 9.52 Å². The molecule has 1 N–H and O–H groups in total. The van der Waals surface area contributed by atoms with Crippen LogP contribution in [0.4, 0.5) is 4.39 Å². The number of carboxylic acid groups (broad SMARTS) is 1. The number of carboxylic acids is 1. The van der Waals surface area contributed by atoms with Crippen LogP contribution in [0.1, 0.15) is 5.56 Å². The average Bonchev–Trinajstić information content (AvgIpc) is 2.07. The third-order valence-electron chi connectivity index (χ3n) is 1.28. The molecule has 68 valence electrons. The summed E-state index contributed by atoms with van der Waals surface area (Å²) in [7, 11) is 0. The topological polar surface area (TPSA) is 50.2 Å². The summed E-state index contributed by atoms with van der Waals surface area (Å²) < 4.78 is 13.4. The highest BCUT2D eigenvalue weighted by molar-refractivity contribution is 14.1. The Balaban J connectivity index is 3.02. The predicted molar refractivity (Wildman–Crippen MR) is 53.6 cm³/mol. The first-order chi connectivity index (χ1) is 6.11. The van der Waals surface area contributed by atoms with Gasteiger partial charge in [0.2, 0.25) is 0 Å². The lowest BCUT2D eigenvalue weighted by Gasteiger charge is -1.96. The maximum absolute atomic E-state index is 13.1. The Morgan fingerprint density at radius 3 is 3.00 bits per heavy atom. The molecule has 0 unspecified atom stereocenters. The molecule has 13 heavy (non-hydrogen) atoms. The van der Waals surface area contributed by atoms with Crippen molar-refractivity contribution in [3.05, 3.63) is 33.4 Å². The van der Waals surface area contributed by atoms with E-state index in [1.807, 2.05) is 0 Å². The van der Waals surface area contributed by atoms with Gasteiger partial charge in [0.15, 0.2) is 5.82 Å². The minimum absolute atomic E-state index is 0.224. The number of hydrogen-bond donors (Lipinski definition) is 1. The second kappa shape index (κ2) is 4.31. The van der Waals surface area contributed by atoms with Gasteiger partial charge < -0.3 is 5.11 Å². The molecule has 0 fully saturated rings. The SMILES string of the molecule is O=C(O)/C=C/c1ccnc(I)c1F. The first-order valence-electron chi connectivity index (χ1n) is 3.32. The van der Waals surface area contributed by atoms with E-state index in [-0.39, 0.29) is 9.26 Å². The molecule has 0 amide bonds. The molecule has 1 aromatic rings. The Kier molecular flexibility index (Phi) is 3.35. The molecule has 0 atom stereocenters. The van der Waals surface area contributed by atoms with Crippen LogP contribution in [0.15, 0.2) is 18.3 Å². The smallest absolute Gasteiger partial charge is 0.328 e. The van der Waals surface area contributed by atoms with Crippen molar-refractivity contribution in [3.8, 4) is 0 Å². The molecule has 0 aromatic carbocycles. The first-order valence-corrected chi connectivity index (χ1v) is 4.40. The number of pyridine rings is 1. The summed E-state index contributed by atoms with van der Waals surface area (Å²) in [6.45, 7) is 0. The number of aliphatic carboxylic acids is 1. The van der Waals surface area contributed by atoms with E-state index in [9.17, 15) is 9.18 Å². The van der Waals surface area contributed by atoms with E-state index in [1.165, 1.54) is 18.3 Å². The zero-order chi connectivity index (χ0) is 9.84.